The molecule has 4 heteroatoms. The summed E-state index contributed by atoms with van der Waals surface area (Å²) in [5.74, 6) is 1.19. The second-order valence-corrected chi connectivity index (χ2v) is 10.1. The first-order chi connectivity index (χ1) is 13.7. The monoisotopic (exact) mass is 382 g/mol. The highest BCUT2D eigenvalue weighted by molar-refractivity contribution is 5.40. The van der Waals surface area contributed by atoms with E-state index >= 15 is 0 Å². The predicted octanol–water partition coefficient (Wildman–Crippen LogP) is 4.30. The summed E-state index contributed by atoms with van der Waals surface area (Å²) in [7, 11) is 0. The number of nitrogens with zero attached hydrogens (tertiary/aromatic N) is 4. The summed E-state index contributed by atoms with van der Waals surface area (Å²) in [6, 6.07) is 6.25. The molecule has 1 spiro atoms. The Hall–Kier alpha value is -1.13. The van der Waals surface area contributed by atoms with Crippen LogP contribution < -0.4 is 4.90 Å². The fourth-order valence-electron chi connectivity index (χ4n) is 5.98. The number of pyridine rings is 1. The van der Waals surface area contributed by atoms with Crippen molar-refractivity contribution in [1.82, 2.24) is 14.8 Å². The second-order valence-electron chi connectivity index (χ2n) is 10.1. The maximum absolute atomic E-state index is 4.85. The van der Waals surface area contributed by atoms with E-state index in [4.69, 9.17) is 4.98 Å². The summed E-state index contributed by atoms with van der Waals surface area (Å²) in [6.45, 7) is 9.76. The van der Waals surface area contributed by atoms with Gasteiger partial charge in [-0.1, -0.05) is 12.5 Å². The summed E-state index contributed by atoms with van der Waals surface area (Å²) in [5.41, 5.74) is 2.00. The Balaban J connectivity index is 1.12. The first-order valence-electron chi connectivity index (χ1n) is 11.9. The van der Waals surface area contributed by atoms with E-state index in [2.05, 4.69) is 40.0 Å². The van der Waals surface area contributed by atoms with Crippen LogP contribution in [0.3, 0.4) is 0 Å². The van der Waals surface area contributed by atoms with E-state index < -0.39 is 0 Å². The molecule has 4 fully saturated rings. The molecule has 4 aliphatic rings. The number of likely N-dealkylation sites (tertiary alicyclic amines) is 2. The van der Waals surface area contributed by atoms with Crippen LogP contribution in [0.15, 0.2) is 18.3 Å². The Morgan fingerprint density at radius 2 is 1.68 bits per heavy atom. The van der Waals surface area contributed by atoms with Crippen LogP contribution in [-0.4, -0.2) is 59.6 Å². The molecule has 5 rings (SSSR count). The van der Waals surface area contributed by atoms with Gasteiger partial charge in [0.05, 0.1) is 0 Å². The van der Waals surface area contributed by atoms with E-state index in [-0.39, 0.29) is 0 Å². The zero-order valence-electron chi connectivity index (χ0n) is 17.8. The van der Waals surface area contributed by atoms with Crippen molar-refractivity contribution in [2.45, 2.75) is 83.3 Å². The average molecular weight is 383 g/mol. The highest BCUT2D eigenvalue weighted by atomic mass is 15.2. The van der Waals surface area contributed by atoms with Crippen LogP contribution in [0.25, 0.3) is 0 Å². The summed E-state index contributed by atoms with van der Waals surface area (Å²) in [4.78, 5) is 12.8. The third kappa shape index (κ3) is 3.82. The molecule has 1 aliphatic carbocycles. The van der Waals surface area contributed by atoms with Gasteiger partial charge >= 0.3 is 0 Å². The van der Waals surface area contributed by atoms with Gasteiger partial charge in [-0.15, -0.1) is 0 Å². The molecule has 1 aromatic rings. The number of anilines is 1. The molecule has 154 valence electrons. The predicted molar refractivity (Wildman–Crippen MR) is 116 cm³/mol. The minimum atomic E-state index is 0.628. The number of rotatable bonds is 4. The van der Waals surface area contributed by atoms with Gasteiger partial charge in [0.2, 0.25) is 0 Å². The average Bonchev–Trinajstić information content (AvgIpc) is 3.08. The van der Waals surface area contributed by atoms with Crippen LogP contribution in [0.2, 0.25) is 0 Å². The molecular weight excluding hydrogens is 344 g/mol. The Morgan fingerprint density at radius 1 is 0.929 bits per heavy atom. The van der Waals surface area contributed by atoms with E-state index in [0.29, 0.717) is 5.41 Å². The van der Waals surface area contributed by atoms with E-state index in [1.54, 1.807) is 0 Å². The summed E-state index contributed by atoms with van der Waals surface area (Å²) < 4.78 is 0. The molecule has 3 saturated heterocycles. The SMILES string of the molecule is CC1CCCN1Cc1ccc(N2CCC3(CC2)CCN(C2CCC2)CC3)nc1. The van der Waals surface area contributed by atoms with E-state index in [1.165, 1.54) is 102 Å². The Kier molecular flexibility index (Phi) is 5.36. The van der Waals surface area contributed by atoms with Crippen molar-refractivity contribution in [3.63, 3.8) is 0 Å². The van der Waals surface area contributed by atoms with Crippen molar-refractivity contribution in [1.29, 1.82) is 0 Å². The molecular formula is C24H38N4. The first kappa shape index (κ1) is 18.9. The zero-order valence-corrected chi connectivity index (χ0v) is 17.8. The van der Waals surface area contributed by atoms with Gasteiger partial charge in [-0.3, -0.25) is 4.90 Å². The molecule has 0 N–H and O–H groups in total. The van der Waals surface area contributed by atoms with E-state index in [9.17, 15) is 0 Å². The molecule has 4 nitrogen and oxygen atoms in total. The van der Waals surface area contributed by atoms with Crippen molar-refractivity contribution in [3.8, 4) is 0 Å². The van der Waals surface area contributed by atoms with Crippen LogP contribution in [0.5, 0.6) is 0 Å². The van der Waals surface area contributed by atoms with Gasteiger partial charge in [0, 0.05) is 37.9 Å². The smallest absolute Gasteiger partial charge is 0.128 e. The molecule has 4 heterocycles. The molecule has 0 aromatic carbocycles. The van der Waals surface area contributed by atoms with E-state index in [0.717, 1.165) is 18.6 Å². The molecule has 0 amide bonds. The summed E-state index contributed by atoms with van der Waals surface area (Å²) in [6.07, 6.45) is 14.8. The van der Waals surface area contributed by atoms with Gasteiger partial charge in [0.15, 0.2) is 0 Å². The normalized spacial score (nSPS) is 29.3. The highest BCUT2D eigenvalue weighted by Gasteiger charge is 2.39. The van der Waals surface area contributed by atoms with E-state index in [1.807, 2.05) is 0 Å². The number of hydrogen-bond donors (Lipinski definition) is 0. The number of hydrogen-bond acceptors (Lipinski definition) is 4. The molecule has 1 atom stereocenters. The van der Waals surface area contributed by atoms with Gasteiger partial charge in [-0.05, 0) is 95.0 Å². The third-order valence-electron chi connectivity index (χ3n) is 8.48. The topological polar surface area (TPSA) is 22.6 Å². The lowest BCUT2D eigenvalue weighted by atomic mass is 9.70. The molecule has 0 radical (unpaired) electrons. The maximum Gasteiger partial charge on any atom is 0.128 e. The molecule has 0 bridgehead atoms. The number of aromatic nitrogens is 1. The molecule has 1 unspecified atom stereocenters. The van der Waals surface area contributed by atoms with Crippen molar-refractivity contribution < 1.29 is 0 Å². The van der Waals surface area contributed by atoms with Gasteiger partial charge < -0.3 is 9.80 Å². The fourth-order valence-corrected chi connectivity index (χ4v) is 5.98. The van der Waals surface area contributed by atoms with Gasteiger partial charge in [-0.2, -0.15) is 0 Å². The standard InChI is InChI=1S/C24H38N4/c1-20-4-3-13-28(20)19-21-7-8-23(25-18-21)27-16-11-24(12-17-27)9-14-26(15-10-24)22-5-2-6-22/h7-8,18,20,22H,2-6,9-17,19H2,1H3. The fraction of sp³-hybridized carbons (Fsp3) is 0.792. The second kappa shape index (κ2) is 7.95. The summed E-state index contributed by atoms with van der Waals surface area (Å²) >= 11 is 0. The molecule has 3 aliphatic heterocycles. The molecule has 1 aromatic heterocycles. The molecule has 1 saturated carbocycles. The first-order valence-corrected chi connectivity index (χ1v) is 11.9. The third-order valence-corrected chi connectivity index (χ3v) is 8.48. The van der Waals surface area contributed by atoms with Crippen LogP contribution >= 0.6 is 0 Å². The van der Waals surface area contributed by atoms with Crippen LogP contribution in [-0.2, 0) is 6.54 Å². The van der Waals surface area contributed by atoms with Crippen molar-refractivity contribution >= 4 is 5.82 Å². The number of piperidine rings is 2. The minimum Gasteiger partial charge on any atom is -0.357 e. The maximum atomic E-state index is 4.85. The largest absolute Gasteiger partial charge is 0.357 e. The summed E-state index contributed by atoms with van der Waals surface area (Å²) in [5, 5.41) is 0. The van der Waals surface area contributed by atoms with Crippen LogP contribution in [0.1, 0.15) is 70.3 Å². The quantitative estimate of drug-likeness (QED) is 0.774. The Labute approximate surface area is 171 Å². The molecule has 28 heavy (non-hydrogen) atoms. The zero-order chi connectivity index (χ0) is 19.0. The lowest BCUT2D eigenvalue weighted by molar-refractivity contribution is 0.0305. The van der Waals surface area contributed by atoms with Crippen molar-refractivity contribution in [2.24, 2.45) is 5.41 Å². The Bertz CT molecular complexity index is 635. The van der Waals surface area contributed by atoms with Crippen molar-refractivity contribution in [3.05, 3.63) is 23.9 Å². The van der Waals surface area contributed by atoms with Crippen molar-refractivity contribution in [2.75, 3.05) is 37.6 Å². The lowest BCUT2D eigenvalue weighted by Crippen LogP contribution is -2.51. The Morgan fingerprint density at radius 3 is 2.25 bits per heavy atom. The minimum absolute atomic E-state index is 0.628. The van der Waals surface area contributed by atoms with Gasteiger partial charge in [0.25, 0.3) is 0 Å². The lowest BCUT2D eigenvalue weighted by Gasteiger charge is -2.50. The van der Waals surface area contributed by atoms with Gasteiger partial charge in [0.1, 0.15) is 5.82 Å². The van der Waals surface area contributed by atoms with Gasteiger partial charge in [-0.25, -0.2) is 4.98 Å². The van der Waals surface area contributed by atoms with Crippen LogP contribution in [0, 0.1) is 5.41 Å². The van der Waals surface area contributed by atoms with Crippen LogP contribution in [0.4, 0.5) is 5.82 Å². The highest BCUT2D eigenvalue weighted by Crippen LogP contribution is 2.43.